The molecular weight excluding hydrogens is 204 g/mol. The molecule has 78 valence electrons. The van der Waals surface area contributed by atoms with Gasteiger partial charge in [-0.2, -0.15) is 5.10 Å². The Morgan fingerprint density at radius 3 is 3.06 bits per heavy atom. The van der Waals surface area contributed by atoms with E-state index in [4.69, 9.17) is 4.42 Å². The van der Waals surface area contributed by atoms with E-state index in [2.05, 4.69) is 10.2 Å². The van der Waals surface area contributed by atoms with Gasteiger partial charge >= 0.3 is 0 Å². The molecule has 4 heteroatoms. The Kier molecular flexibility index (Phi) is 1.86. The lowest BCUT2D eigenvalue weighted by Crippen LogP contribution is -1.82. The molecule has 0 saturated heterocycles. The number of aromatic nitrogens is 2. The van der Waals surface area contributed by atoms with Crippen molar-refractivity contribution in [2.24, 2.45) is 0 Å². The smallest absolute Gasteiger partial charge is 0.153 e. The average Bonchev–Trinajstić information content (AvgIpc) is 2.94. The number of fused-ring (bicyclic) bond motifs is 1. The van der Waals surface area contributed by atoms with Crippen LogP contribution in [0.25, 0.3) is 22.2 Å². The lowest BCUT2D eigenvalue weighted by atomic mass is 10.1. The summed E-state index contributed by atoms with van der Waals surface area (Å²) < 4.78 is 5.41. The summed E-state index contributed by atoms with van der Waals surface area (Å²) in [5, 5.41) is 7.64. The molecule has 0 saturated carbocycles. The van der Waals surface area contributed by atoms with Crippen LogP contribution in [0.2, 0.25) is 0 Å². The van der Waals surface area contributed by atoms with E-state index in [0.29, 0.717) is 11.3 Å². The normalized spacial score (nSPS) is 10.8. The zero-order valence-electron chi connectivity index (χ0n) is 8.31. The highest BCUT2D eigenvalue weighted by Crippen LogP contribution is 2.30. The number of rotatable bonds is 2. The van der Waals surface area contributed by atoms with Crippen molar-refractivity contribution in [3.63, 3.8) is 0 Å². The standard InChI is InChI=1S/C12H8N2O2/c15-6-8-5-13-14-12(8)10-7-16-11-4-2-1-3-9(10)11/h1-7H,(H,13,14). The van der Waals surface area contributed by atoms with Crippen LogP contribution in [0.5, 0.6) is 0 Å². The summed E-state index contributed by atoms with van der Waals surface area (Å²) in [5.41, 5.74) is 2.88. The van der Waals surface area contributed by atoms with Crippen LogP contribution < -0.4 is 0 Å². The maximum atomic E-state index is 10.8. The monoisotopic (exact) mass is 212 g/mol. The summed E-state index contributed by atoms with van der Waals surface area (Å²) in [6.07, 6.45) is 3.91. The van der Waals surface area contributed by atoms with Crippen LogP contribution in [0.15, 0.2) is 41.1 Å². The number of aromatic amines is 1. The van der Waals surface area contributed by atoms with Crippen molar-refractivity contribution in [1.82, 2.24) is 10.2 Å². The second kappa shape index (κ2) is 3.34. The van der Waals surface area contributed by atoms with E-state index in [-0.39, 0.29) is 0 Å². The number of aldehydes is 1. The number of carbonyl (C=O) groups is 1. The molecule has 4 nitrogen and oxygen atoms in total. The van der Waals surface area contributed by atoms with Crippen LogP contribution in [0, 0.1) is 0 Å². The van der Waals surface area contributed by atoms with E-state index in [1.54, 1.807) is 6.26 Å². The molecule has 0 aliphatic heterocycles. The Labute approximate surface area is 90.9 Å². The molecule has 3 rings (SSSR count). The number of nitrogens with one attached hydrogen (secondary N) is 1. The Balaban J connectivity index is 2.30. The minimum atomic E-state index is 0.534. The van der Waals surface area contributed by atoms with Crippen molar-refractivity contribution in [2.45, 2.75) is 0 Å². The minimum Gasteiger partial charge on any atom is -0.464 e. The summed E-state index contributed by atoms with van der Waals surface area (Å²) in [4.78, 5) is 10.8. The number of furan rings is 1. The van der Waals surface area contributed by atoms with Gasteiger partial charge in [-0.3, -0.25) is 9.89 Å². The molecule has 0 bridgehead atoms. The fourth-order valence-corrected chi connectivity index (χ4v) is 1.77. The summed E-state index contributed by atoms with van der Waals surface area (Å²) in [6, 6.07) is 7.67. The van der Waals surface area contributed by atoms with Gasteiger partial charge in [0.05, 0.1) is 17.5 Å². The summed E-state index contributed by atoms with van der Waals surface area (Å²) in [7, 11) is 0. The van der Waals surface area contributed by atoms with Crippen LogP contribution in [0.1, 0.15) is 10.4 Å². The molecule has 0 fully saturated rings. The van der Waals surface area contributed by atoms with Crippen LogP contribution in [-0.2, 0) is 0 Å². The number of para-hydroxylation sites is 1. The van der Waals surface area contributed by atoms with Gasteiger partial charge in [-0.15, -0.1) is 0 Å². The Bertz CT molecular complexity index is 652. The van der Waals surface area contributed by atoms with Gasteiger partial charge in [0, 0.05) is 10.9 Å². The molecule has 0 atom stereocenters. The van der Waals surface area contributed by atoms with Crippen molar-refractivity contribution in [1.29, 1.82) is 0 Å². The summed E-state index contributed by atoms with van der Waals surface area (Å²) >= 11 is 0. The molecule has 2 heterocycles. The van der Waals surface area contributed by atoms with Gasteiger partial charge in [0.15, 0.2) is 6.29 Å². The number of H-pyrrole nitrogens is 1. The van der Waals surface area contributed by atoms with Gasteiger partial charge in [0.1, 0.15) is 11.8 Å². The van der Waals surface area contributed by atoms with Crippen molar-refractivity contribution >= 4 is 17.3 Å². The predicted molar refractivity (Wildman–Crippen MR) is 59.2 cm³/mol. The topological polar surface area (TPSA) is 58.9 Å². The largest absolute Gasteiger partial charge is 0.464 e. The van der Waals surface area contributed by atoms with Crippen LogP contribution in [-0.4, -0.2) is 16.5 Å². The first-order chi connectivity index (χ1) is 7.90. The summed E-state index contributed by atoms with van der Waals surface area (Å²) in [6.45, 7) is 0. The molecule has 0 unspecified atom stereocenters. The van der Waals surface area contributed by atoms with E-state index in [1.165, 1.54) is 6.20 Å². The Morgan fingerprint density at radius 2 is 2.19 bits per heavy atom. The van der Waals surface area contributed by atoms with Crippen LogP contribution in [0.4, 0.5) is 0 Å². The highest BCUT2D eigenvalue weighted by atomic mass is 16.3. The van der Waals surface area contributed by atoms with Gasteiger partial charge in [-0.1, -0.05) is 18.2 Å². The molecular formula is C12H8N2O2. The maximum Gasteiger partial charge on any atom is 0.153 e. The predicted octanol–water partition coefficient (Wildman–Crippen LogP) is 2.64. The minimum absolute atomic E-state index is 0.534. The second-order valence-corrected chi connectivity index (χ2v) is 3.46. The lowest BCUT2D eigenvalue weighted by Gasteiger charge is -1.94. The molecule has 3 aromatic rings. The molecule has 1 aromatic carbocycles. The van der Waals surface area contributed by atoms with E-state index >= 15 is 0 Å². The van der Waals surface area contributed by atoms with E-state index in [9.17, 15) is 4.79 Å². The van der Waals surface area contributed by atoms with E-state index in [0.717, 1.165) is 22.8 Å². The first kappa shape index (κ1) is 8.91. The Hall–Kier alpha value is -2.36. The highest BCUT2D eigenvalue weighted by molar-refractivity contribution is 5.97. The third kappa shape index (κ3) is 1.16. The third-order valence-electron chi connectivity index (χ3n) is 2.55. The number of benzene rings is 1. The van der Waals surface area contributed by atoms with E-state index in [1.807, 2.05) is 24.3 Å². The molecule has 0 amide bonds. The molecule has 0 spiro atoms. The average molecular weight is 212 g/mol. The van der Waals surface area contributed by atoms with Gasteiger partial charge in [0.2, 0.25) is 0 Å². The number of hydrogen-bond donors (Lipinski definition) is 1. The fourth-order valence-electron chi connectivity index (χ4n) is 1.77. The molecule has 0 aliphatic rings. The van der Waals surface area contributed by atoms with Gasteiger partial charge in [0.25, 0.3) is 0 Å². The van der Waals surface area contributed by atoms with E-state index < -0.39 is 0 Å². The first-order valence-corrected chi connectivity index (χ1v) is 4.85. The third-order valence-corrected chi connectivity index (χ3v) is 2.55. The number of carbonyl (C=O) groups excluding carboxylic acids is 1. The quantitative estimate of drug-likeness (QED) is 0.664. The van der Waals surface area contributed by atoms with Crippen molar-refractivity contribution in [3.8, 4) is 11.3 Å². The fraction of sp³-hybridized carbons (Fsp3) is 0. The SMILES string of the molecule is O=Cc1cn[nH]c1-c1coc2ccccc12. The second-order valence-electron chi connectivity index (χ2n) is 3.46. The number of hydrogen-bond acceptors (Lipinski definition) is 3. The zero-order chi connectivity index (χ0) is 11.0. The van der Waals surface area contributed by atoms with Crippen LogP contribution in [0.3, 0.4) is 0 Å². The lowest BCUT2D eigenvalue weighted by molar-refractivity contribution is 0.112. The van der Waals surface area contributed by atoms with Crippen molar-refractivity contribution in [2.75, 3.05) is 0 Å². The molecule has 1 N–H and O–H groups in total. The van der Waals surface area contributed by atoms with Crippen LogP contribution >= 0.6 is 0 Å². The van der Waals surface area contributed by atoms with Gasteiger partial charge in [-0.25, -0.2) is 0 Å². The first-order valence-electron chi connectivity index (χ1n) is 4.85. The zero-order valence-corrected chi connectivity index (χ0v) is 8.31. The molecule has 16 heavy (non-hydrogen) atoms. The molecule has 2 aromatic heterocycles. The molecule has 0 aliphatic carbocycles. The maximum absolute atomic E-state index is 10.8. The number of nitrogens with zero attached hydrogens (tertiary/aromatic N) is 1. The highest BCUT2D eigenvalue weighted by Gasteiger charge is 2.12. The van der Waals surface area contributed by atoms with Gasteiger partial charge < -0.3 is 4.42 Å². The Morgan fingerprint density at radius 1 is 1.31 bits per heavy atom. The van der Waals surface area contributed by atoms with Gasteiger partial charge in [-0.05, 0) is 6.07 Å². The summed E-state index contributed by atoms with van der Waals surface area (Å²) in [5.74, 6) is 0. The van der Waals surface area contributed by atoms with Crippen molar-refractivity contribution in [3.05, 3.63) is 42.3 Å². The van der Waals surface area contributed by atoms with Crippen molar-refractivity contribution < 1.29 is 9.21 Å². The molecule has 0 radical (unpaired) electrons.